The second-order valence-electron chi connectivity index (χ2n) is 7.74. The predicted octanol–water partition coefficient (Wildman–Crippen LogP) is 4.54. The highest BCUT2D eigenvalue weighted by molar-refractivity contribution is 6.45. The van der Waals surface area contributed by atoms with Gasteiger partial charge < -0.3 is 14.3 Å². The van der Waals surface area contributed by atoms with Crippen molar-refractivity contribution in [3.05, 3.63) is 71.6 Å². The molecule has 172 valence electrons. The van der Waals surface area contributed by atoms with E-state index in [2.05, 4.69) is 19.8 Å². The molecule has 1 fully saturated rings. The zero-order valence-electron chi connectivity index (χ0n) is 17.7. The van der Waals surface area contributed by atoms with Gasteiger partial charge in [0.1, 0.15) is 7.11 Å². The SMILES string of the molecule is CON=C(C(=O)N(Cc1ccc(-c2noc(C(F)(F)F)n2)cc1)CC1CC1)c1ccccc1. The lowest BCUT2D eigenvalue weighted by Crippen LogP contribution is -2.38. The smallest absolute Gasteiger partial charge is 0.398 e. The molecule has 2 aromatic carbocycles. The van der Waals surface area contributed by atoms with Gasteiger partial charge in [0.05, 0.1) is 0 Å². The Kier molecular flexibility index (Phi) is 6.43. The van der Waals surface area contributed by atoms with E-state index in [-0.39, 0.29) is 17.4 Å². The summed E-state index contributed by atoms with van der Waals surface area (Å²) in [6, 6.07) is 15.7. The molecule has 0 saturated heterocycles. The minimum atomic E-state index is -4.70. The van der Waals surface area contributed by atoms with Gasteiger partial charge in [-0.05, 0) is 24.3 Å². The normalized spacial score (nSPS) is 14.2. The third-order valence-corrected chi connectivity index (χ3v) is 5.15. The Balaban J connectivity index is 1.53. The summed E-state index contributed by atoms with van der Waals surface area (Å²) in [6.45, 7) is 0.890. The molecule has 1 aliphatic rings. The van der Waals surface area contributed by atoms with Gasteiger partial charge in [0.2, 0.25) is 5.82 Å². The first kappa shape index (κ1) is 22.5. The van der Waals surface area contributed by atoms with Gasteiger partial charge in [-0.15, -0.1) is 0 Å². The molecule has 0 bridgehead atoms. The first-order valence-electron chi connectivity index (χ1n) is 10.3. The van der Waals surface area contributed by atoms with Crippen molar-refractivity contribution in [2.75, 3.05) is 13.7 Å². The van der Waals surface area contributed by atoms with Crippen molar-refractivity contribution in [1.29, 1.82) is 0 Å². The van der Waals surface area contributed by atoms with E-state index in [0.717, 1.165) is 18.4 Å². The van der Waals surface area contributed by atoms with Gasteiger partial charge in [0, 0.05) is 24.2 Å². The second kappa shape index (κ2) is 9.43. The fraction of sp³-hybridized carbons (Fsp3) is 0.304. The van der Waals surface area contributed by atoms with Gasteiger partial charge in [0.25, 0.3) is 5.91 Å². The maximum Gasteiger partial charge on any atom is 0.471 e. The van der Waals surface area contributed by atoms with Crippen LogP contribution in [-0.2, 0) is 22.4 Å². The van der Waals surface area contributed by atoms with E-state index in [0.29, 0.717) is 30.1 Å². The fourth-order valence-corrected chi connectivity index (χ4v) is 3.32. The number of alkyl halides is 3. The summed E-state index contributed by atoms with van der Waals surface area (Å²) in [7, 11) is 1.39. The number of oxime groups is 1. The van der Waals surface area contributed by atoms with Gasteiger partial charge in [0.15, 0.2) is 5.71 Å². The summed E-state index contributed by atoms with van der Waals surface area (Å²) in [6.07, 6.45) is -2.58. The molecule has 0 radical (unpaired) electrons. The standard InChI is InChI=1S/C23H21F3N4O3/c1-32-28-19(17-5-3-2-4-6-17)21(31)30(13-15-7-8-15)14-16-9-11-18(12-10-16)20-27-22(33-29-20)23(24,25)26/h2-6,9-12,15H,7-8,13-14H2,1H3. The zero-order chi connectivity index (χ0) is 23.4. The number of nitrogens with zero attached hydrogens (tertiary/aromatic N) is 4. The van der Waals surface area contributed by atoms with Crippen molar-refractivity contribution in [3.8, 4) is 11.4 Å². The van der Waals surface area contributed by atoms with E-state index < -0.39 is 12.1 Å². The molecule has 7 nitrogen and oxygen atoms in total. The maximum atomic E-state index is 13.4. The zero-order valence-corrected chi connectivity index (χ0v) is 17.7. The van der Waals surface area contributed by atoms with E-state index in [1.807, 2.05) is 18.2 Å². The first-order valence-corrected chi connectivity index (χ1v) is 10.3. The molecule has 4 rings (SSSR count). The third kappa shape index (κ3) is 5.57. The lowest BCUT2D eigenvalue weighted by atomic mass is 10.1. The second-order valence-corrected chi connectivity index (χ2v) is 7.74. The largest absolute Gasteiger partial charge is 0.471 e. The van der Waals surface area contributed by atoms with Gasteiger partial charge in [-0.25, -0.2) is 0 Å². The summed E-state index contributed by atoms with van der Waals surface area (Å²) in [5.74, 6) is -1.37. The van der Waals surface area contributed by atoms with E-state index in [9.17, 15) is 18.0 Å². The molecule has 10 heteroatoms. The van der Waals surface area contributed by atoms with Crippen molar-refractivity contribution in [1.82, 2.24) is 15.0 Å². The Morgan fingerprint density at radius 3 is 2.42 bits per heavy atom. The highest BCUT2D eigenvalue weighted by Gasteiger charge is 2.38. The van der Waals surface area contributed by atoms with Crippen molar-refractivity contribution in [2.45, 2.75) is 25.6 Å². The molecule has 1 aliphatic carbocycles. The van der Waals surface area contributed by atoms with Crippen LogP contribution >= 0.6 is 0 Å². The quantitative estimate of drug-likeness (QED) is 0.366. The Hall–Kier alpha value is -3.69. The van der Waals surface area contributed by atoms with Crippen LogP contribution in [0.1, 0.15) is 29.9 Å². The van der Waals surface area contributed by atoms with E-state index >= 15 is 0 Å². The lowest BCUT2D eigenvalue weighted by Gasteiger charge is -2.23. The highest BCUT2D eigenvalue weighted by Crippen LogP contribution is 2.31. The summed E-state index contributed by atoms with van der Waals surface area (Å²) in [5.41, 5.74) is 2.04. The fourth-order valence-electron chi connectivity index (χ4n) is 3.32. The Morgan fingerprint density at radius 2 is 1.85 bits per heavy atom. The number of carbonyl (C=O) groups excluding carboxylic acids is 1. The average Bonchev–Trinajstić information content (AvgIpc) is 3.47. The van der Waals surface area contributed by atoms with Crippen LogP contribution < -0.4 is 0 Å². The number of aromatic nitrogens is 2. The predicted molar refractivity (Wildman–Crippen MR) is 113 cm³/mol. The monoisotopic (exact) mass is 458 g/mol. The molecule has 1 amide bonds. The van der Waals surface area contributed by atoms with E-state index in [1.54, 1.807) is 41.3 Å². The van der Waals surface area contributed by atoms with E-state index in [4.69, 9.17) is 4.84 Å². The molecule has 0 aliphatic heterocycles. The van der Waals surface area contributed by atoms with Crippen LogP contribution in [-0.4, -0.2) is 40.3 Å². The summed E-state index contributed by atoms with van der Waals surface area (Å²) in [4.78, 5) is 23.4. The van der Waals surface area contributed by atoms with Crippen molar-refractivity contribution in [2.24, 2.45) is 11.1 Å². The average molecular weight is 458 g/mol. The van der Waals surface area contributed by atoms with Gasteiger partial charge >= 0.3 is 12.1 Å². The molecular formula is C23H21F3N4O3. The minimum Gasteiger partial charge on any atom is -0.398 e. The van der Waals surface area contributed by atoms with Crippen LogP contribution in [0.25, 0.3) is 11.4 Å². The molecule has 1 saturated carbocycles. The summed E-state index contributed by atoms with van der Waals surface area (Å²) >= 11 is 0. The maximum absolute atomic E-state index is 13.4. The molecule has 0 spiro atoms. The molecule has 0 atom stereocenters. The molecular weight excluding hydrogens is 437 g/mol. The summed E-state index contributed by atoms with van der Waals surface area (Å²) < 4.78 is 42.4. The minimum absolute atomic E-state index is 0.154. The number of benzene rings is 2. The van der Waals surface area contributed by atoms with Crippen LogP contribution in [0.3, 0.4) is 0 Å². The molecule has 33 heavy (non-hydrogen) atoms. The summed E-state index contributed by atoms with van der Waals surface area (Å²) in [5, 5.41) is 7.36. The van der Waals surface area contributed by atoms with Crippen molar-refractivity contribution < 1.29 is 27.3 Å². The molecule has 0 unspecified atom stereocenters. The van der Waals surface area contributed by atoms with Crippen LogP contribution in [0.2, 0.25) is 0 Å². The Bertz CT molecular complexity index is 1120. The Labute approximate surface area is 187 Å². The number of amides is 1. The molecule has 1 aromatic heterocycles. The van der Waals surface area contributed by atoms with Crippen molar-refractivity contribution in [3.63, 3.8) is 0 Å². The topological polar surface area (TPSA) is 80.8 Å². The van der Waals surface area contributed by atoms with Gasteiger partial charge in [-0.1, -0.05) is 64.9 Å². The van der Waals surface area contributed by atoms with Gasteiger partial charge in [-0.3, -0.25) is 4.79 Å². The lowest BCUT2D eigenvalue weighted by molar-refractivity contribution is -0.159. The highest BCUT2D eigenvalue weighted by atomic mass is 19.4. The third-order valence-electron chi connectivity index (χ3n) is 5.15. The van der Waals surface area contributed by atoms with Crippen molar-refractivity contribution >= 4 is 11.6 Å². The van der Waals surface area contributed by atoms with E-state index in [1.165, 1.54) is 7.11 Å². The molecule has 3 aromatic rings. The van der Waals surface area contributed by atoms with Crippen LogP contribution in [0.5, 0.6) is 0 Å². The molecule has 1 heterocycles. The number of hydrogen-bond acceptors (Lipinski definition) is 6. The van der Waals surface area contributed by atoms with Crippen LogP contribution in [0.15, 0.2) is 64.3 Å². The number of hydrogen-bond donors (Lipinski definition) is 0. The van der Waals surface area contributed by atoms with Crippen LogP contribution in [0, 0.1) is 5.92 Å². The Morgan fingerprint density at radius 1 is 1.15 bits per heavy atom. The van der Waals surface area contributed by atoms with Crippen LogP contribution in [0.4, 0.5) is 13.2 Å². The molecule has 0 N–H and O–H groups in total. The number of carbonyl (C=O) groups is 1. The van der Waals surface area contributed by atoms with Gasteiger partial charge in [-0.2, -0.15) is 18.2 Å². The number of rotatable bonds is 8. The number of halogens is 3. The first-order chi connectivity index (χ1) is 15.8.